The zero-order valence-corrected chi connectivity index (χ0v) is 25.8. The minimum atomic E-state index is -4.47. The third-order valence-corrected chi connectivity index (χ3v) is 11.0. The molecule has 1 saturated heterocycles. The molecule has 6 rings (SSSR count). The van der Waals surface area contributed by atoms with Crippen molar-refractivity contribution in [2.45, 2.75) is 50.6 Å². The number of aliphatic hydroxyl groups is 1. The summed E-state index contributed by atoms with van der Waals surface area (Å²) in [4.78, 5) is 14.8. The van der Waals surface area contributed by atoms with E-state index in [2.05, 4.69) is 11.0 Å². The molecule has 0 spiro atoms. The summed E-state index contributed by atoms with van der Waals surface area (Å²) in [7, 11) is -3.49. The molecule has 44 heavy (non-hydrogen) atoms. The Morgan fingerprint density at radius 1 is 1.07 bits per heavy atom. The Hall–Kier alpha value is -3.10. The van der Waals surface area contributed by atoms with E-state index in [1.807, 2.05) is 18.2 Å². The number of carbonyl (C=O) groups is 1. The van der Waals surface area contributed by atoms with E-state index in [-0.39, 0.29) is 25.6 Å². The Balaban J connectivity index is 1.17. The van der Waals surface area contributed by atoms with Gasteiger partial charge in [0.15, 0.2) is 6.29 Å². The van der Waals surface area contributed by atoms with Crippen molar-refractivity contribution in [2.75, 3.05) is 32.4 Å². The van der Waals surface area contributed by atoms with Gasteiger partial charge < -0.3 is 10.0 Å². The number of carbonyl (C=O) groups excluding carboxylic acids is 1. The molecule has 2 aliphatic rings. The predicted octanol–water partition coefficient (Wildman–Crippen LogP) is 5.15. The van der Waals surface area contributed by atoms with Crippen LogP contribution in [0, 0.1) is 0 Å². The number of sulfonamides is 1. The third-order valence-electron chi connectivity index (χ3n) is 8.67. The fourth-order valence-electron chi connectivity index (χ4n) is 6.50. The second kappa shape index (κ2) is 12.0. The van der Waals surface area contributed by atoms with E-state index in [0.717, 1.165) is 76.8 Å². The molecular formula is C31H33F3N4O4S2. The van der Waals surface area contributed by atoms with Gasteiger partial charge in [-0.15, -0.1) is 11.3 Å². The van der Waals surface area contributed by atoms with Crippen LogP contribution in [0.25, 0.3) is 21.3 Å². The van der Waals surface area contributed by atoms with Crippen molar-refractivity contribution < 1.29 is 31.5 Å². The van der Waals surface area contributed by atoms with Gasteiger partial charge in [0.2, 0.25) is 10.0 Å². The van der Waals surface area contributed by atoms with Crippen LogP contribution in [0.15, 0.2) is 48.5 Å². The number of thiophene rings is 1. The van der Waals surface area contributed by atoms with E-state index < -0.39 is 27.9 Å². The fraction of sp³-hybridized carbons (Fsp3) is 0.419. The summed E-state index contributed by atoms with van der Waals surface area (Å²) in [6.07, 6.45) is -1.05. The number of hydrogen-bond acceptors (Lipinski definition) is 7. The van der Waals surface area contributed by atoms with Gasteiger partial charge in [-0.25, -0.2) is 8.42 Å². The molecule has 0 radical (unpaired) electrons. The smallest absolute Gasteiger partial charge is 0.390 e. The number of aromatic nitrogens is 2. The molecule has 1 fully saturated rings. The first-order valence-electron chi connectivity index (χ1n) is 14.5. The lowest BCUT2D eigenvalue weighted by atomic mass is 9.87. The van der Waals surface area contributed by atoms with Gasteiger partial charge in [0.05, 0.1) is 35.0 Å². The van der Waals surface area contributed by atoms with Crippen LogP contribution in [-0.2, 0) is 35.7 Å². The van der Waals surface area contributed by atoms with E-state index in [0.29, 0.717) is 29.8 Å². The third kappa shape index (κ3) is 6.20. The minimum Gasteiger partial charge on any atom is -0.390 e. The number of β-amino-alcohol motifs (C(OH)–C–C–N with tert-alkyl or cyclic N) is 1. The molecule has 1 unspecified atom stereocenters. The number of halogens is 3. The summed E-state index contributed by atoms with van der Waals surface area (Å²) in [5, 5.41) is 17.0. The topological polar surface area (TPSA) is 95.7 Å². The Morgan fingerprint density at radius 2 is 1.77 bits per heavy atom. The van der Waals surface area contributed by atoms with Crippen molar-refractivity contribution in [3.8, 4) is 11.3 Å². The van der Waals surface area contributed by atoms with E-state index >= 15 is 0 Å². The lowest BCUT2D eigenvalue weighted by molar-refractivity contribution is -0.137. The van der Waals surface area contributed by atoms with Crippen molar-refractivity contribution in [3.63, 3.8) is 0 Å². The first-order valence-corrected chi connectivity index (χ1v) is 17.2. The average molecular weight is 647 g/mol. The number of benzene rings is 2. The molecule has 0 saturated carbocycles. The standard InChI is InChI=1S/C31H33F3N4O4S2/c1-44(41,42)37-15-12-26-25(18-37)30(21-6-8-22(9-7-21)31(32,33)34)35-38(26)17-23(40)16-36-13-10-20(11-14-36)29-24-4-2-3-5-27(24)43-28(29)19-39/h2-9,19-20,23,40H,10-18H2,1H3. The fourth-order valence-corrected chi connectivity index (χ4v) is 8.39. The van der Waals surface area contributed by atoms with Gasteiger partial charge in [-0.1, -0.05) is 30.3 Å². The van der Waals surface area contributed by atoms with E-state index in [1.165, 1.54) is 27.8 Å². The summed E-state index contributed by atoms with van der Waals surface area (Å²) >= 11 is 1.53. The number of rotatable bonds is 8. The monoisotopic (exact) mass is 646 g/mol. The normalized spacial score (nSPS) is 18.0. The summed E-state index contributed by atoms with van der Waals surface area (Å²) in [5.74, 6) is 0.266. The first kappa shape index (κ1) is 30.9. The largest absolute Gasteiger partial charge is 0.416 e. The number of nitrogens with zero attached hydrogens (tertiary/aromatic N) is 4. The zero-order valence-electron chi connectivity index (χ0n) is 24.1. The van der Waals surface area contributed by atoms with Crippen molar-refractivity contribution in [2.24, 2.45) is 0 Å². The molecule has 2 aliphatic heterocycles. The highest BCUT2D eigenvalue weighted by atomic mass is 32.2. The van der Waals surface area contributed by atoms with Crippen LogP contribution < -0.4 is 0 Å². The van der Waals surface area contributed by atoms with Crippen LogP contribution in [0.4, 0.5) is 13.2 Å². The van der Waals surface area contributed by atoms with Crippen LogP contribution in [0.5, 0.6) is 0 Å². The molecule has 0 aliphatic carbocycles. The van der Waals surface area contributed by atoms with Crippen molar-refractivity contribution in [1.82, 2.24) is 19.0 Å². The van der Waals surface area contributed by atoms with Gasteiger partial charge in [0, 0.05) is 47.6 Å². The second-order valence-electron chi connectivity index (χ2n) is 11.6. The minimum absolute atomic E-state index is 0.0637. The molecule has 13 heteroatoms. The van der Waals surface area contributed by atoms with Gasteiger partial charge in [-0.3, -0.25) is 9.48 Å². The highest BCUT2D eigenvalue weighted by molar-refractivity contribution is 7.88. The van der Waals surface area contributed by atoms with Crippen molar-refractivity contribution in [3.05, 3.63) is 75.8 Å². The highest BCUT2D eigenvalue weighted by Crippen LogP contribution is 2.40. The lowest BCUT2D eigenvalue weighted by Gasteiger charge is -2.33. The number of likely N-dealkylation sites (tertiary alicyclic amines) is 1. The Labute approximate surface area is 257 Å². The summed E-state index contributed by atoms with van der Waals surface area (Å²) in [6, 6.07) is 12.8. The maximum atomic E-state index is 13.2. The Bertz CT molecular complexity index is 1780. The van der Waals surface area contributed by atoms with Crippen LogP contribution >= 0.6 is 11.3 Å². The molecule has 1 N–H and O–H groups in total. The molecule has 0 amide bonds. The van der Waals surface area contributed by atoms with Gasteiger partial charge in [0.25, 0.3) is 0 Å². The molecule has 2 aromatic heterocycles. The average Bonchev–Trinajstić information content (AvgIpc) is 3.55. The molecule has 8 nitrogen and oxygen atoms in total. The number of hydrogen-bond donors (Lipinski definition) is 1. The number of alkyl halides is 3. The lowest BCUT2D eigenvalue weighted by Crippen LogP contribution is -2.40. The molecule has 4 heterocycles. The van der Waals surface area contributed by atoms with E-state index in [9.17, 15) is 31.5 Å². The van der Waals surface area contributed by atoms with Crippen molar-refractivity contribution >= 4 is 37.7 Å². The number of piperidine rings is 1. The van der Waals surface area contributed by atoms with Crippen LogP contribution in [0.3, 0.4) is 0 Å². The summed E-state index contributed by atoms with van der Waals surface area (Å²) in [6.45, 7) is 2.44. The quantitative estimate of drug-likeness (QED) is 0.266. The first-order chi connectivity index (χ1) is 20.9. The summed E-state index contributed by atoms with van der Waals surface area (Å²) in [5.41, 5.74) is 2.65. The van der Waals surface area contributed by atoms with Crippen LogP contribution in [0.2, 0.25) is 0 Å². The Morgan fingerprint density at radius 3 is 2.43 bits per heavy atom. The second-order valence-corrected chi connectivity index (χ2v) is 14.7. The van der Waals surface area contributed by atoms with Crippen LogP contribution in [0.1, 0.15) is 50.8 Å². The van der Waals surface area contributed by atoms with Gasteiger partial charge in [-0.05, 0) is 61.0 Å². The summed E-state index contributed by atoms with van der Waals surface area (Å²) < 4.78 is 68.3. The maximum Gasteiger partial charge on any atom is 0.416 e. The molecule has 234 valence electrons. The van der Waals surface area contributed by atoms with Crippen LogP contribution in [-0.4, -0.2) is 77.3 Å². The number of aldehydes is 1. The van der Waals surface area contributed by atoms with Crippen molar-refractivity contribution in [1.29, 1.82) is 0 Å². The van der Waals surface area contributed by atoms with Gasteiger partial charge in [0.1, 0.15) is 0 Å². The Kier molecular flexibility index (Phi) is 8.44. The van der Waals surface area contributed by atoms with E-state index in [1.54, 1.807) is 4.68 Å². The predicted molar refractivity (Wildman–Crippen MR) is 163 cm³/mol. The van der Waals surface area contributed by atoms with Gasteiger partial charge in [-0.2, -0.15) is 22.6 Å². The van der Waals surface area contributed by atoms with Gasteiger partial charge >= 0.3 is 6.18 Å². The number of fused-ring (bicyclic) bond motifs is 2. The highest BCUT2D eigenvalue weighted by Gasteiger charge is 2.33. The molecule has 4 aromatic rings. The molecular weight excluding hydrogens is 613 g/mol. The molecule has 0 bridgehead atoms. The zero-order chi connectivity index (χ0) is 31.2. The molecule has 1 atom stereocenters. The molecule has 2 aromatic carbocycles. The van der Waals surface area contributed by atoms with E-state index in [4.69, 9.17) is 5.10 Å². The maximum absolute atomic E-state index is 13.2. The SMILES string of the molecule is CS(=O)(=O)N1CCc2c(c(-c3ccc(C(F)(F)F)cc3)nn2CC(O)CN2CCC(c3c(C=O)sc4ccccc34)CC2)C1. The number of aliphatic hydroxyl groups excluding tert-OH is 1.